The Kier molecular flexibility index (Phi) is 7.22. The quantitative estimate of drug-likeness (QED) is 0.340. The molecule has 1 aromatic rings. The third kappa shape index (κ3) is 4.80. The number of nitrogens with one attached hydrogen (secondary N) is 1. The molecule has 154 valence electrons. The minimum Gasteiger partial charge on any atom is -0.455 e. The van der Waals surface area contributed by atoms with Crippen LogP contribution in [0.3, 0.4) is 0 Å². The predicted octanol–water partition coefficient (Wildman–Crippen LogP) is 2.23. The number of rotatable bonds is 11. The Balaban J connectivity index is 1.45. The standard InChI is InChI=1S/C20H29N3O5/c1-2-3-4-5-6-7-8-9-10-16(25)27-17-14(13-24)26-19-18(17)28-20-22-15(21)11-12-23(19)20/h2,11-12,14,17-19,21,24H,1,3-10,13H2/t14-,17-,18+,19-/m1/s1. The van der Waals surface area contributed by atoms with Gasteiger partial charge in [0.2, 0.25) is 0 Å². The van der Waals surface area contributed by atoms with Crippen molar-refractivity contribution in [3.63, 3.8) is 0 Å². The lowest BCUT2D eigenvalue weighted by Gasteiger charge is -2.20. The van der Waals surface area contributed by atoms with Crippen LogP contribution in [0.15, 0.2) is 24.9 Å². The fourth-order valence-corrected chi connectivity index (χ4v) is 3.64. The van der Waals surface area contributed by atoms with Gasteiger partial charge in [0.1, 0.15) is 6.10 Å². The van der Waals surface area contributed by atoms with Crippen LogP contribution in [-0.2, 0) is 14.3 Å². The zero-order valence-corrected chi connectivity index (χ0v) is 16.1. The second kappa shape index (κ2) is 9.84. The molecule has 1 saturated heterocycles. The van der Waals surface area contributed by atoms with Crippen molar-refractivity contribution in [3.8, 4) is 6.01 Å². The van der Waals surface area contributed by atoms with Crippen molar-refractivity contribution in [1.82, 2.24) is 9.55 Å². The van der Waals surface area contributed by atoms with Crippen LogP contribution < -0.4 is 10.2 Å². The number of allylic oxidation sites excluding steroid dienone is 1. The second-order valence-corrected chi connectivity index (χ2v) is 7.24. The highest BCUT2D eigenvalue weighted by Gasteiger charge is 2.53. The Morgan fingerprint density at radius 1 is 1.32 bits per heavy atom. The lowest BCUT2D eigenvalue weighted by atomic mass is 10.1. The Bertz CT molecular complexity index is 735. The van der Waals surface area contributed by atoms with Gasteiger partial charge in [0.15, 0.2) is 23.9 Å². The molecule has 2 N–H and O–H groups in total. The van der Waals surface area contributed by atoms with Crippen molar-refractivity contribution in [2.75, 3.05) is 6.61 Å². The average Bonchev–Trinajstić information content (AvgIpc) is 3.19. The molecule has 0 unspecified atom stereocenters. The lowest BCUT2D eigenvalue weighted by molar-refractivity contribution is -0.156. The first-order chi connectivity index (χ1) is 13.6. The van der Waals surface area contributed by atoms with Gasteiger partial charge >= 0.3 is 12.0 Å². The van der Waals surface area contributed by atoms with Gasteiger partial charge in [-0.2, -0.15) is 4.98 Å². The van der Waals surface area contributed by atoms with Gasteiger partial charge < -0.3 is 19.3 Å². The summed E-state index contributed by atoms with van der Waals surface area (Å²) in [7, 11) is 0. The number of unbranched alkanes of at least 4 members (excludes halogenated alkanes) is 6. The molecule has 1 fully saturated rings. The highest BCUT2D eigenvalue weighted by Crippen LogP contribution is 2.40. The number of hydrogen-bond acceptors (Lipinski definition) is 7. The molecule has 4 atom stereocenters. The number of aromatic nitrogens is 2. The van der Waals surface area contributed by atoms with Crippen molar-refractivity contribution in [2.24, 2.45) is 0 Å². The van der Waals surface area contributed by atoms with Gasteiger partial charge in [-0.15, -0.1) is 6.58 Å². The first-order valence-corrected chi connectivity index (χ1v) is 10.0. The Morgan fingerprint density at radius 2 is 2.07 bits per heavy atom. The number of fused-ring (bicyclic) bond motifs is 3. The molecule has 2 aliphatic heterocycles. The van der Waals surface area contributed by atoms with Crippen molar-refractivity contribution in [1.29, 1.82) is 5.41 Å². The topological polar surface area (TPSA) is 107 Å². The normalized spacial score (nSPS) is 25.0. The monoisotopic (exact) mass is 391 g/mol. The molecule has 3 heterocycles. The van der Waals surface area contributed by atoms with Crippen LogP contribution >= 0.6 is 0 Å². The summed E-state index contributed by atoms with van der Waals surface area (Å²) in [6.45, 7) is 3.45. The molecule has 8 nitrogen and oxygen atoms in total. The van der Waals surface area contributed by atoms with Gasteiger partial charge in [0.25, 0.3) is 0 Å². The average molecular weight is 391 g/mol. The molecule has 1 aromatic heterocycles. The number of nitrogens with zero attached hydrogens (tertiary/aromatic N) is 2. The zero-order valence-electron chi connectivity index (χ0n) is 16.1. The van der Waals surface area contributed by atoms with Gasteiger partial charge in [-0.3, -0.25) is 14.8 Å². The number of aliphatic hydroxyl groups is 1. The number of carbonyl (C=O) groups is 1. The molecule has 28 heavy (non-hydrogen) atoms. The number of aliphatic hydroxyl groups excluding tert-OH is 1. The van der Waals surface area contributed by atoms with E-state index in [9.17, 15) is 9.90 Å². The van der Waals surface area contributed by atoms with Gasteiger partial charge in [-0.25, -0.2) is 0 Å². The maximum absolute atomic E-state index is 12.3. The number of esters is 1. The molecule has 0 amide bonds. The van der Waals surface area contributed by atoms with E-state index in [0.29, 0.717) is 6.42 Å². The van der Waals surface area contributed by atoms with E-state index in [0.717, 1.165) is 25.7 Å². The van der Waals surface area contributed by atoms with Crippen molar-refractivity contribution in [3.05, 3.63) is 30.4 Å². The predicted molar refractivity (Wildman–Crippen MR) is 101 cm³/mol. The van der Waals surface area contributed by atoms with Gasteiger partial charge in [-0.1, -0.05) is 31.8 Å². The SMILES string of the molecule is C=CCCCCCCCCC(=O)O[C@H]1[C@@H]2Oc3nc(=N)ccn3[C@@H]2O[C@@H]1CO. The number of carbonyl (C=O) groups excluding carboxylic acids is 1. The van der Waals surface area contributed by atoms with E-state index < -0.39 is 24.5 Å². The summed E-state index contributed by atoms with van der Waals surface area (Å²) < 4.78 is 18.8. The van der Waals surface area contributed by atoms with E-state index >= 15 is 0 Å². The molecule has 0 aliphatic carbocycles. The van der Waals surface area contributed by atoms with E-state index in [2.05, 4.69) is 11.6 Å². The van der Waals surface area contributed by atoms with Gasteiger partial charge in [0.05, 0.1) is 6.61 Å². The van der Waals surface area contributed by atoms with Crippen LogP contribution in [-0.4, -0.2) is 45.5 Å². The third-order valence-corrected chi connectivity index (χ3v) is 5.12. The maximum atomic E-state index is 12.3. The lowest BCUT2D eigenvalue weighted by Crippen LogP contribution is -2.39. The van der Waals surface area contributed by atoms with E-state index in [4.69, 9.17) is 19.6 Å². The molecular weight excluding hydrogens is 362 g/mol. The highest BCUT2D eigenvalue weighted by molar-refractivity contribution is 5.69. The Labute approximate surface area is 164 Å². The van der Waals surface area contributed by atoms with Crippen LogP contribution in [0, 0.1) is 5.41 Å². The summed E-state index contributed by atoms with van der Waals surface area (Å²) in [4.78, 5) is 16.3. The van der Waals surface area contributed by atoms with Crippen LogP contribution in [0.5, 0.6) is 6.01 Å². The smallest absolute Gasteiger partial charge is 0.306 e. The third-order valence-electron chi connectivity index (χ3n) is 5.12. The van der Waals surface area contributed by atoms with E-state index in [1.54, 1.807) is 10.8 Å². The first-order valence-electron chi connectivity index (χ1n) is 10.0. The molecule has 3 rings (SSSR count). The van der Waals surface area contributed by atoms with Gasteiger partial charge in [0, 0.05) is 12.6 Å². The van der Waals surface area contributed by atoms with Crippen molar-refractivity contribution >= 4 is 5.97 Å². The molecule has 0 bridgehead atoms. The van der Waals surface area contributed by atoms with Crippen LogP contribution in [0.4, 0.5) is 0 Å². The zero-order chi connectivity index (χ0) is 19.9. The molecule has 0 saturated carbocycles. The molecule has 8 heteroatoms. The minimum absolute atomic E-state index is 0.0861. The Morgan fingerprint density at radius 3 is 2.82 bits per heavy atom. The molecule has 2 aliphatic rings. The summed E-state index contributed by atoms with van der Waals surface area (Å²) in [5.74, 6) is -0.307. The fraction of sp³-hybridized carbons (Fsp3) is 0.650. The van der Waals surface area contributed by atoms with Crippen molar-refractivity contribution < 1.29 is 24.1 Å². The highest BCUT2D eigenvalue weighted by atomic mass is 16.7. The Hall–Kier alpha value is -2.19. The van der Waals surface area contributed by atoms with E-state index in [-0.39, 0.29) is 24.1 Å². The van der Waals surface area contributed by atoms with Gasteiger partial charge in [-0.05, 0) is 25.3 Å². The van der Waals surface area contributed by atoms with E-state index in [1.165, 1.54) is 25.3 Å². The summed E-state index contributed by atoms with van der Waals surface area (Å²) in [6, 6.07) is 1.79. The van der Waals surface area contributed by atoms with Crippen LogP contribution in [0.1, 0.15) is 57.6 Å². The molecule has 0 radical (unpaired) electrons. The van der Waals surface area contributed by atoms with E-state index in [1.807, 2.05) is 6.08 Å². The largest absolute Gasteiger partial charge is 0.455 e. The van der Waals surface area contributed by atoms with Crippen LogP contribution in [0.2, 0.25) is 0 Å². The number of ether oxygens (including phenoxy) is 3. The first kappa shape index (κ1) is 20.5. The summed E-state index contributed by atoms with van der Waals surface area (Å²) in [5, 5.41) is 17.2. The summed E-state index contributed by atoms with van der Waals surface area (Å²) in [6.07, 6.45) is 9.01. The maximum Gasteiger partial charge on any atom is 0.306 e. The molecule has 0 aromatic carbocycles. The fourth-order valence-electron chi connectivity index (χ4n) is 3.64. The molecule has 0 spiro atoms. The summed E-state index contributed by atoms with van der Waals surface area (Å²) in [5.41, 5.74) is 0.0861. The number of hydrogen-bond donors (Lipinski definition) is 2. The summed E-state index contributed by atoms with van der Waals surface area (Å²) >= 11 is 0. The van der Waals surface area contributed by atoms with Crippen LogP contribution in [0.25, 0.3) is 0 Å². The molecular formula is C20H29N3O5. The van der Waals surface area contributed by atoms with Crippen molar-refractivity contribution in [2.45, 2.75) is 75.9 Å². The second-order valence-electron chi connectivity index (χ2n) is 7.24. The minimum atomic E-state index is -0.697.